The summed E-state index contributed by atoms with van der Waals surface area (Å²) in [5.41, 5.74) is 18.0. The predicted octanol–water partition coefficient (Wildman–Crippen LogP) is 16.0. The summed E-state index contributed by atoms with van der Waals surface area (Å²) < 4.78 is 5.19. The summed E-state index contributed by atoms with van der Waals surface area (Å²) in [5, 5.41) is 12.8. The summed E-state index contributed by atoms with van der Waals surface area (Å²) >= 11 is 0. The van der Waals surface area contributed by atoms with Crippen molar-refractivity contribution in [2.45, 2.75) is 38.5 Å². The average Bonchev–Trinajstić information content (AvgIpc) is 3.98. The van der Waals surface area contributed by atoms with Crippen LogP contribution in [0, 0.1) is 0 Å². The number of benzene rings is 10. The lowest BCUT2D eigenvalue weighted by molar-refractivity contribution is 0.660. The van der Waals surface area contributed by atoms with Crippen LogP contribution in [-0.2, 0) is 10.8 Å². The average molecular weight is 791 g/mol. The van der Waals surface area contributed by atoms with E-state index >= 15 is 0 Å². The van der Waals surface area contributed by atoms with Crippen molar-refractivity contribution in [3.8, 4) is 33.6 Å². The van der Waals surface area contributed by atoms with E-state index < -0.39 is 0 Å². The van der Waals surface area contributed by atoms with Gasteiger partial charge in [-0.3, -0.25) is 0 Å². The molecule has 2 aromatic heterocycles. The van der Waals surface area contributed by atoms with E-state index in [-0.39, 0.29) is 10.8 Å². The number of para-hydroxylation sites is 2. The Morgan fingerprint density at radius 3 is 1.03 bits per heavy atom. The minimum Gasteiger partial charge on any atom is -0.309 e. The summed E-state index contributed by atoms with van der Waals surface area (Å²) in [4.78, 5) is 0. The molecule has 0 aliphatic heterocycles. The van der Waals surface area contributed by atoms with Crippen LogP contribution in [0.15, 0.2) is 182 Å². The van der Waals surface area contributed by atoms with Gasteiger partial charge in [-0.25, -0.2) is 0 Å². The highest BCUT2D eigenvalue weighted by Gasteiger charge is 2.37. The largest absolute Gasteiger partial charge is 0.309 e. The molecule has 0 atom stereocenters. The van der Waals surface area contributed by atoms with Gasteiger partial charge in [0.2, 0.25) is 0 Å². The second kappa shape index (κ2) is 11.7. The molecule has 2 aliphatic rings. The van der Waals surface area contributed by atoms with Gasteiger partial charge in [-0.2, -0.15) is 0 Å². The monoisotopic (exact) mass is 790 g/mol. The molecule has 2 aliphatic carbocycles. The minimum absolute atomic E-state index is 0.124. The Labute approximate surface area is 359 Å². The first-order valence-corrected chi connectivity index (χ1v) is 22.0. The first kappa shape index (κ1) is 34.3. The third kappa shape index (κ3) is 4.11. The number of hydrogen-bond acceptors (Lipinski definition) is 0. The van der Waals surface area contributed by atoms with Crippen molar-refractivity contribution in [1.29, 1.82) is 0 Å². The van der Waals surface area contributed by atoms with E-state index in [9.17, 15) is 0 Å². The molecular formula is C60H42N2. The van der Waals surface area contributed by atoms with E-state index in [4.69, 9.17) is 0 Å². The van der Waals surface area contributed by atoms with Crippen molar-refractivity contribution >= 4 is 75.9 Å². The van der Waals surface area contributed by atoms with Gasteiger partial charge in [-0.1, -0.05) is 173 Å². The Balaban J connectivity index is 1.20. The molecule has 0 N–H and O–H groups in total. The smallest absolute Gasteiger partial charge is 0.0633 e. The quantitative estimate of drug-likeness (QED) is 0.154. The number of rotatable bonds is 2. The normalized spacial score (nSPS) is 14.7. The maximum atomic E-state index is 2.60. The minimum atomic E-state index is -0.124. The van der Waals surface area contributed by atoms with Crippen LogP contribution in [0.25, 0.3) is 110 Å². The SMILES string of the molecule is CC1(C)c2ccccc2-c2ccc(-n3c4ccccc4c4c5ccccc5c5c(c6ccccc6c6c7ccccc7n(-c7ccc8c(c7)C(C)(C)c7ccccc7-8)c65)c43)cc21. The third-order valence-corrected chi connectivity index (χ3v) is 15.1. The van der Waals surface area contributed by atoms with Crippen LogP contribution in [0.2, 0.25) is 0 Å². The number of aromatic nitrogens is 2. The van der Waals surface area contributed by atoms with Crippen LogP contribution in [0.5, 0.6) is 0 Å². The van der Waals surface area contributed by atoms with E-state index in [1.807, 2.05) is 0 Å². The van der Waals surface area contributed by atoms with Crippen molar-refractivity contribution in [1.82, 2.24) is 9.13 Å². The summed E-state index contributed by atoms with van der Waals surface area (Å²) in [6.45, 7) is 9.55. The van der Waals surface area contributed by atoms with Gasteiger partial charge in [-0.15, -0.1) is 0 Å². The molecule has 0 amide bonds. The van der Waals surface area contributed by atoms with Crippen LogP contribution in [0.1, 0.15) is 49.9 Å². The summed E-state index contributed by atoms with van der Waals surface area (Å²) in [7, 11) is 0. The molecular weight excluding hydrogens is 749 g/mol. The zero-order valence-electron chi connectivity index (χ0n) is 35.2. The molecule has 12 aromatic rings. The standard InChI is InChI=1S/C60H42N2/c1-59(2)47-25-13-9-17-37(47)39-31-29-35(33-49(39)59)61-51-27-15-11-23-45(51)53-41-19-5-8-22-44(41)56-55(57(53)61)43-21-7-6-20-42(43)54-46-24-12-16-28-52(46)62(58(54)56)36-30-32-40-38-18-10-14-26-48(38)60(3,4)50(40)34-36/h5-34H,1-4H3. The fourth-order valence-electron chi connectivity index (χ4n) is 12.3. The Hall–Kier alpha value is -7.42. The fraction of sp³-hybridized carbons (Fsp3) is 0.100. The summed E-state index contributed by atoms with van der Waals surface area (Å²) in [6, 6.07) is 68.9. The first-order chi connectivity index (χ1) is 30.3. The van der Waals surface area contributed by atoms with Crippen LogP contribution < -0.4 is 0 Å². The van der Waals surface area contributed by atoms with E-state index in [1.165, 1.54) is 132 Å². The second-order valence-electron chi connectivity index (χ2n) is 18.8. The second-order valence-corrected chi connectivity index (χ2v) is 18.8. The molecule has 62 heavy (non-hydrogen) atoms. The molecule has 14 rings (SSSR count). The first-order valence-electron chi connectivity index (χ1n) is 22.0. The highest BCUT2D eigenvalue weighted by molar-refractivity contribution is 6.44. The molecule has 292 valence electrons. The van der Waals surface area contributed by atoms with Gasteiger partial charge in [0.15, 0.2) is 0 Å². The molecule has 2 heterocycles. The fourth-order valence-corrected chi connectivity index (χ4v) is 12.3. The Morgan fingerprint density at radius 2 is 0.613 bits per heavy atom. The zero-order chi connectivity index (χ0) is 41.2. The van der Waals surface area contributed by atoms with Crippen LogP contribution >= 0.6 is 0 Å². The van der Waals surface area contributed by atoms with E-state index in [1.54, 1.807) is 0 Å². The highest BCUT2D eigenvalue weighted by atomic mass is 15.0. The van der Waals surface area contributed by atoms with Gasteiger partial charge in [0.25, 0.3) is 0 Å². The molecule has 0 saturated carbocycles. The Bertz CT molecular complexity index is 3720. The molecule has 2 nitrogen and oxygen atoms in total. The van der Waals surface area contributed by atoms with Gasteiger partial charge in [0, 0.05) is 54.5 Å². The van der Waals surface area contributed by atoms with Gasteiger partial charge in [-0.05, 0) is 102 Å². The highest BCUT2D eigenvalue weighted by Crippen LogP contribution is 2.54. The third-order valence-electron chi connectivity index (χ3n) is 15.1. The predicted molar refractivity (Wildman–Crippen MR) is 263 cm³/mol. The summed E-state index contributed by atoms with van der Waals surface area (Å²) in [5.74, 6) is 0. The topological polar surface area (TPSA) is 9.86 Å². The van der Waals surface area contributed by atoms with Gasteiger partial charge >= 0.3 is 0 Å². The van der Waals surface area contributed by atoms with Crippen molar-refractivity contribution in [3.63, 3.8) is 0 Å². The Morgan fingerprint density at radius 1 is 0.290 bits per heavy atom. The lowest BCUT2D eigenvalue weighted by atomic mass is 9.82. The molecule has 0 saturated heterocycles. The zero-order valence-corrected chi connectivity index (χ0v) is 35.2. The van der Waals surface area contributed by atoms with Gasteiger partial charge in [0.05, 0.1) is 22.1 Å². The molecule has 0 unspecified atom stereocenters. The van der Waals surface area contributed by atoms with Gasteiger partial charge < -0.3 is 9.13 Å². The van der Waals surface area contributed by atoms with Crippen molar-refractivity contribution in [2.75, 3.05) is 0 Å². The number of fused-ring (bicyclic) bond motifs is 21. The van der Waals surface area contributed by atoms with E-state index in [0.29, 0.717) is 0 Å². The van der Waals surface area contributed by atoms with Gasteiger partial charge in [0.1, 0.15) is 0 Å². The molecule has 0 spiro atoms. The lowest BCUT2D eigenvalue weighted by Crippen LogP contribution is -2.15. The maximum Gasteiger partial charge on any atom is 0.0633 e. The Kier molecular flexibility index (Phi) is 6.47. The van der Waals surface area contributed by atoms with Crippen molar-refractivity contribution in [2.24, 2.45) is 0 Å². The van der Waals surface area contributed by atoms with Crippen molar-refractivity contribution in [3.05, 3.63) is 204 Å². The van der Waals surface area contributed by atoms with Crippen LogP contribution in [-0.4, -0.2) is 9.13 Å². The number of hydrogen-bond donors (Lipinski definition) is 0. The van der Waals surface area contributed by atoms with Crippen LogP contribution in [0.4, 0.5) is 0 Å². The van der Waals surface area contributed by atoms with Crippen LogP contribution in [0.3, 0.4) is 0 Å². The summed E-state index contributed by atoms with van der Waals surface area (Å²) in [6.07, 6.45) is 0. The molecule has 0 radical (unpaired) electrons. The molecule has 2 heteroatoms. The molecule has 0 fully saturated rings. The molecule has 0 bridgehead atoms. The molecule has 10 aromatic carbocycles. The van der Waals surface area contributed by atoms with E-state index in [2.05, 4.69) is 219 Å². The van der Waals surface area contributed by atoms with Crippen molar-refractivity contribution < 1.29 is 0 Å². The number of nitrogens with zero attached hydrogens (tertiary/aromatic N) is 2. The van der Waals surface area contributed by atoms with E-state index in [0.717, 1.165) is 0 Å². The lowest BCUT2D eigenvalue weighted by Gasteiger charge is -2.23. The maximum absolute atomic E-state index is 2.60.